The zero-order valence-electron chi connectivity index (χ0n) is 13.5. The zero-order valence-corrected chi connectivity index (χ0v) is 13.5. The number of hydrogen-bond donors (Lipinski definition) is 1. The number of amides is 1. The molecule has 1 N–H and O–H groups in total. The van der Waals surface area contributed by atoms with E-state index in [1.54, 1.807) is 0 Å². The fourth-order valence-electron chi connectivity index (χ4n) is 3.23. The van der Waals surface area contributed by atoms with Gasteiger partial charge in [0.1, 0.15) is 0 Å². The standard InChI is InChI=1S/C18H18F3NO3/c19-18(20,21)13-8-4-7-12-14(23)9-15(25-16(12)13)17(24)22-10-11-5-2-1-3-6-11/h4,7-9,11H,1-3,5-6,10H2,(H,22,24). The molecule has 0 saturated heterocycles. The van der Waals surface area contributed by atoms with Gasteiger partial charge in [-0.2, -0.15) is 13.2 Å². The summed E-state index contributed by atoms with van der Waals surface area (Å²) < 4.78 is 44.5. The van der Waals surface area contributed by atoms with Crippen LogP contribution >= 0.6 is 0 Å². The van der Waals surface area contributed by atoms with Gasteiger partial charge in [0.05, 0.1) is 10.9 Å². The molecule has 0 unspecified atom stereocenters. The topological polar surface area (TPSA) is 59.3 Å². The molecular weight excluding hydrogens is 335 g/mol. The number of hydrogen-bond acceptors (Lipinski definition) is 3. The molecule has 0 spiro atoms. The minimum absolute atomic E-state index is 0.196. The van der Waals surface area contributed by atoms with Crippen LogP contribution in [0.2, 0.25) is 0 Å². The molecule has 1 aliphatic carbocycles. The normalized spacial score (nSPS) is 16.1. The second-order valence-electron chi connectivity index (χ2n) is 6.37. The van der Waals surface area contributed by atoms with Crippen LogP contribution in [0.3, 0.4) is 0 Å². The van der Waals surface area contributed by atoms with Gasteiger partial charge in [-0.15, -0.1) is 0 Å². The van der Waals surface area contributed by atoms with Crippen molar-refractivity contribution in [2.45, 2.75) is 38.3 Å². The Bertz CT molecular complexity index is 836. The van der Waals surface area contributed by atoms with Crippen molar-refractivity contribution in [1.29, 1.82) is 0 Å². The summed E-state index contributed by atoms with van der Waals surface area (Å²) in [5, 5.41) is 2.47. The van der Waals surface area contributed by atoms with Crippen LogP contribution in [0.4, 0.5) is 13.2 Å². The van der Waals surface area contributed by atoms with Crippen molar-refractivity contribution in [2.75, 3.05) is 6.54 Å². The third-order valence-corrected chi connectivity index (χ3v) is 4.56. The molecule has 0 bridgehead atoms. The minimum atomic E-state index is -4.67. The largest absolute Gasteiger partial charge is 0.450 e. The van der Waals surface area contributed by atoms with E-state index < -0.39 is 34.4 Å². The number of fused-ring (bicyclic) bond motifs is 1. The monoisotopic (exact) mass is 353 g/mol. The number of benzene rings is 1. The molecule has 1 amide bonds. The van der Waals surface area contributed by atoms with E-state index in [9.17, 15) is 22.8 Å². The maximum atomic E-state index is 13.1. The van der Waals surface area contributed by atoms with Gasteiger partial charge >= 0.3 is 6.18 Å². The molecule has 1 heterocycles. The highest BCUT2D eigenvalue weighted by Crippen LogP contribution is 2.34. The Morgan fingerprint density at radius 3 is 2.60 bits per heavy atom. The van der Waals surface area contributed by atoms with Gasteiger partial charge in [0.15, 0.2) is 16.8 Å². The van der Waals surface area contributed by atoms with Gasteiger partial charge in [-0.25, -0.2) is 0 Å². The van der Waals surface area contributed by atoms with Crippen LogP contribution in [0.25, 0.3) is 11.0 Å². The quantitative estimate of drug-likeness (QED) is 0.903. The van der Waals surface area contributed by atoms with Crippen molar-refractivity contribution < 1.29 is 22.4 Å². The van der Waals surface area contributed by atoms with E-state index in [4.69, 9.17) is 4.42 Å². The van der Waals surface area contributed by atoms with E-state index in [-0.39, 0.29) is 5.39 Å². The molecule has 2 aromatic rings. The highest BCUT2D eigenvalue weighted by molar-refractivity contribution is 5.93. The number of carbonyl (C=O) groups excluding carboxylic acids is 1. The first kappa shape index (κ1) is 17.5. The molecule has 1 fully saturated rings. The lowest BCUT2D eigenvalue weighted by Crippen LogP contribution is -2.30. The van der Waals surface area contributed by atoms with Crippen LogP contribution in [-0.4, -0.2) is 12.5 Å². The fraction of sp³-hybridized carbons (Fsp3) is 0.444. The predicted octanol–water partition coefficient (Wildman–Crippen LogP) is 4.12. The number of para-hydroxylation sites is 1. The molecule has 3 rings (SSSR count). The van der Waals surface area contributed by atoms with Gasteiger partial charge in [-0.3, -0.25) is 9.59 Å². The average Bonchev–Trinajstić information content (AvgIpc) is 2.59. The molecule has 4 nitrogen and oxygen atoms in total. The summed E-state index contributed by atoms with van der Waals surface area (Å²) in [5.41, 5.74) is -2.34. The van der Waals surface area contributed by atoms with Crippen molar-refractivity contribution in [1.82, 2.24) is 5.32 Å². The molecule has 0 atom stereocenters. The number of nitrogens with one attached hydrogen (secondary N) is 1. The fourth-order valence-corrected chi connectivity index (χ4v) is 3.23. The van der Waals surface area contributed by atoms with Crippen LogP contribution in [0.5, 0.6) is 0 Å². The molecule has 1 aromatic carbocycles. The van der Waals surface area contributed by atoms with Gasteiger partial charge in [0, 0.05) is 12.6 Å². The van der Waals surface area contributed by atoms with Crippen LogP contribution in [-0.2, 0) is 6.18 Å². The smallest absolute Gasteiger partial charge is 0.420 e. The number of halogens is 3. The lowest BCUT2D eigenvalue weighted by molar-refractivity contribution is -0.136. The van der Waals surface area contributed by atoms with Crippen LogP contribution < -0.4 is 10.7 Å². The van der Waals surface area contributed by atoms with E-state index in [0.29, 0.717) is 12.5 Å². The first-order valence-corrected chi connectivity index (χ1v) is 8.28. The highest BCUT2D eigenvalue weighted by atomic mass is 19.4. The third kappa shape index (κ3) is 3.86. The second-order valence-corrected chi connectivity index (χ2v) is 6.37. The summed E-state index contributed by atoms with van der Waals surface area (Å²) in [7, 11) is 0. The van der Waals surface area contributed by atoms with Crippen molar-refractivity contribution in [3.05, 3.63) is 45.8 Å². The summed E-state index contributed by atoms with van der Waals surface area (Å²) in [6.45, 7) is 0.432. The van der Waals surface area contributed by atoms with Gasteiger partial charge in [0.25, 0.3) is 5.91 Å². The SMILES string of the molecule is O=C(NCC1CCCCC1)c1cc(=O)c2cccc(C(F)(F)F)c2o1. The Balaban J connectivity index is 1.88. The number of rotatable bonds is 3. The van der Waals surface area contributed by atoms with Crippen molar-refractivity contribution in [2.24, 2.45) is 5.92 Å². The average molecular weight is 353 g/mol. The molecule has 0 aliphatic heterocycles. The summed E-state index contributed by atoms with van der Waals surface area (Å²) in [6, 6.07) is 4.17. The Hall–Kier alpha value is -2.31. The molecule has 0 radical (unpaired) electrons. The molecular formula is C18H18F3NO3. The highest BCUT2D eigenvalue weighted by Gasteiger charge is 2.34. The molecule has 25 heavy (non-hydrogen) atoms. The summed E-state index contributed by atoms with van der Waals surface area (Å²) >= 11 is 0. The van der Waals surface area contributed by atoms with Crippen LogP contribution in [0.1, 0.15) is 48.2 Å². The van der Waals surface area contributed by atoms with E-state index in [2.05, 4.69) is 5.32 Å². The maximum absolute atomic E-state index is 13.1. The first-order chi connectivity index (χ1) is 11.9. The lowest BCUT2D eigenvalue weighted by Gasteiger charge is -2.21. The van der Waals surface area contributed by atoms with Crippen molar-refractivity contribution in [3.63, 3.8) is 0 Å². The Morgan fingerprint density at radius 2 is 1.92 bits per heavy atom. The third-order valence-electron chi connectivity index (χ3n) is 4.56. The Morgan fingerprint density at radius 1 is 1.20 bits per heavy atom. The minimum Gasteiger partial charge on any atom is -0.450 e. The predicted molar refractivity (Wildman–Crippen MR) is 86.4 cm³/mol. The lowest BCUT2D eigenvalue weighted by atomic mass is 9.89. The molecule has 7 heteroatoms. The van der Waals surface area contributed by atoms with Gasteiger partial charge in [0.2, 0.25) is 0 Å². The Kier molecular flexibility index (Phi) is 4.83. The maximum Gasteiger partial charge on any atom is 0.420 e. The second kappa shape index (κ2) is 6.90. The molecule has 1 saturated carbocycles. The first-order valence-electron chi connectivity index (χ1n) is 8.28. The van der Waals surface area contributed by atoms with E-state index in [0.717, 1.165) is 43.9 Å². The number of alkyl halides is 3. The molecule has 1 aromatic heterocycles. The summed E-state index contributed by atoms with van der Waals surface area (Å²) in [4.78, 5) is 24.3. The van der Waals surface area contributed by atoms with E-state index >= 15 is 0 Å². The van der Waals surface area contributed by atoms with Gasteiger partial charge < -0.3 is 9.73 Å². The van der Waals surface area contributed by atoms with Crippen molar-refractivity contribution >= 4 is 16.9 Å². The van der Waals surface area contributed by atoms with E-state index in [1.807, 2.05) is 0 Å². The Labute approximate surface area is 142 Å². The molecule has 134 valence electrons. The van der Waals surface area contributed by atoms with Gasteiger partial charge in [-0.05, 0) is 30.9 Å². The van der Waals surface area contributed by atoms with E-state index in [1.165, 1.54) is 12.5 Å². The zero-order chi connectivity index (χ0) is 18.0. The number of carbonyl (C=O) groups is 1. The summed E-state index contributed by atoms with van der Waals surface area (Å²) in [6.07, 6.45) is 0.762. The summed E-state index contributed by atoms with van der Waals surface area (Å²) in [5.74, 6) is -0.706. The van der Waals surface area contributed by atoms with Gasteiger partial charge in [-0.1, -0.05) is 25.3 Å². The van der Waals surface area contributed by atoms with Crippen LogP contribution in [0.15, 0.2) is 33.5 Å². The molecule has 1 aliphatic rings. The van der Waals surface area contributed by atoms with Crippen molar-refractivity contribution in [3.8, 4) is 0 Å². The van der Waals surface area contributed by atoms with Crippen LogP contribution in [0, 0.1) is 5.92 Å².